The lowest BCUT2D eigenvalue weighted by atomic mass is 10.0. The fourth-order valence-electron chi connectivity index (χ4n) is 2.12. The smallest absolute Gasteiger partial charge is 0.214 e. The summed E-state index contributed by atoms with van der Waals surface area (Å²) in [7, 11) is -3.37. The van der Waals surface area contributed by atoms with E-state index in [-0.39, 0.29) is 25.1 Å². The third-order valence-electron chi connectivity index (χ3n) is 3.04. The lowest BCUT2D eigenvalue weighted by Crippen LogP contribution is -2.50. The van der Waals surface area contributed by atoms with Crippen molar-refractivity contribution in [1.29, 1.82) is 0 Å². The third kappa shape index (κ3) is 4.91. The molecule has 1 aliphatic rings. The van der Waals surface area contributed by atoms with Crippen LogP contribution in [0.3, 0.4) is 0 Å². The van der Waals surface area contributed by atoms with Crippen molar-refractivity contribution >= 4 is 10.0 Å². The molecular weight excluding hydrogens is 242 g/mol. The molecule has 0 bridgehead atoms. The Hall–Kier alpha value is -0.170. The Kier molecular flexibility index (Phi) is 5.37. The van der Waals surface area contributed by atoms with Gasteiger partial charge in [0, 0.05) is 0 Å². The SMILES string of the molecule is CC(C)OCCS(=O)(=O)NC1(CO)CCCC1. The predicted molar refractivity (Wildman–Crippen MR) is 66.3 cm³/mol. The summed E-state index contributed by atoms with van der Waals surface area (Å²) in [5, 5.41) is 9.34. The van der Waals surface area contributed by atoms with E-state index in [1.165, 1.54) is 0 Å². The zero-order valence-electron chi connectivity index (χ0n) is 10.6. The molecule has 0 unspecified atom stereocenters. The molecule has 1 fully saturated rings. The summed E-state index contributed by atoms with van der Waals surface area (Å²) in [6, 6.07) is 0. The van der Waals surface area contributed by atoms with Gasteiger partial charge in [0.2, 0.25) is 10.0 Å². The van der Waals surface area contributed by atoms with Crippen molar-refractivity contribution < 1.29 is 18.3 Å². The Bertz CT molecular complexity index is 320. The molecule has 1 aliphatic carbocycles. The van der Waals surface area contributed by atoms with Gasteiger partial charge in [0.25, 0.3) is 0 Å². The monoisotopic (exact) mass is 265 g/mol. The lowest BCUT2D eigenvalue weighted by molar-refractivity contribution is 0.0908. The molecule has 0 amide bonds. The van der Waals surface area contributed by atoms with Gasteiger partial charge in [0.1, 0.15) is 0 Å². The zero-order chi connectivity index (χ0) is 12.9. The molecular formula is C11H23NO4S. The van der Waals surface area contributed by atoms with Crippen LogP contribution in [0.1, 0.15) is 39.5 Å². The number of ether oxygens (including phenoxy) is 1. The molecule has 102 valence electrons. The highest BCUT2D eigenvalue weighted by atomic mass is 32.2. The van der Waals surface area contributed by atoms with E-state index in [1.54, 1.807) is 0 Å². The van der Waals surface area contributed by atoms with Crippen molar-refractivity contribution in [3.05, 3.63) is 0 Å². The minimum atomic E-state index is -3.37. The molecule has 1 rings (SSSR count). The van der Waals surface area contributed by atoms with Crippen molar-refractivity contribution in [2.45, 2.75) is 51.2 Å². The van der Waals surface area contributed by atoms with E-state index >= 15 is 0 Å². The second kappa shape index (κ2) is 6.13. The van der Waals surface area contributed by atoms with Crippen molar-refractivity contribution in [1.82, 2.24) is 4.72 Å². The van der Waals surface area contributed by atoms with E-state index < -0.39 is 15.6 Å². The highest BCUT2D eigenvalue weighted by Crippen LogP contribution is 2.29. The topological polar surface area (TPSA) is 75.6 Å². The van der Waals surface area contributed by atoms with E-state index in [1.807, 2.05) is 13.8 Å². The normalized spacial score (nSPS) is 20.0. The third-order valence-corrected chi connectivity index (χ3v) is 4.49. The van der Waals surface area contributed by atoms with Gasteiger partial charge in [-0.15, -0.1) is 0 Å². The molecule has 0 heterocycles. The number of aliphatic hydroxyl groups is 1. The second-order valence-electron chi connectivity index (χ2n) is 4.99. The van der Waals surface area contributed by atoms with Crippen LogP contribution in [-0.2, 0) is 14.8 Å². The molecule has 6 heteroatoms. The van der Waals surface area contributed by atoms with Crippen molar-refractivity contribution in [2.75, 3.05) is 19.0 Å². The van der Waals surface area contributed by atoms with E-state index in [9.17, 15) is 13.5 Å². The largest absolute Gasteiger partial charge is 0.394 e. The van der Waals surface area contributed by atoms with Crippen LogP contribution in [0.15, 0.2) is 0 Å². The van der Waals surface area contributed by atoms with Crippen LogP contribution in [0, 0.1) is 0 Å². The average Bonchev–Trinajstić information content (AvgIpc) is 2.65. The second-order valence-corrected chi connectivity index (χ2v) is 6.83. The van der Waals surface area contributed by atoms with Crippen LogP contribution in [0.5, 0.6) is 0 Å². The van der Waals surface area contributed by atoms with Gasteiger partial charge in [-0.3, -0.25) is 0 Å². The highest BCUT2D eigenvalue weighted by molar-refractivity contribution is 7.89. The van der Waals surface area contributed by atoms with E-state index in [2.05, 4.69) is 4.72 Å². The van der Waals surface area contributed by atoms with Gasteiger partial charge in [-0.25, -0.2) is 13.1 Å². The molecule has 0 aromatic heterocycles. The van der Waals surface area contributed by atoms with Gasteiger partial charge >= 0.3 is 0 Å². The maximum absolute atomic E-state index is 11.8. The molecule has 1 saturated carbocycles. The van der Waals surface area contributed by atoms with Gasteiger partial charge in [-0.2, -0.15) is 0 Å². The maximum Gasteiger partial charge on any atom is 0.214 e. The minimum Gasteiger partial charge on any atom is -0.394 e. The zero-order valence-corrected chi connectivity index (χ0v) is 11.4. The van der Waals surface area contributed by atoms with Crippen LogP contribution in [-0.4, -0.2) is 44.1 Å². The van der Waals surface area contributed by atoms with Crippen LogP contribution < -0.4 is 4.72 Å². The number of hydrogen-bond acceptors (Lipinski definition) is 4. The van der Waals surface area contributed by atoms with Crippen molar-refractivity contribution in [2.24, 2.45) is 0 Å². The number of nitrogens with one attached hydrogen (secondary N) is 1. The summed E-state index contributed by atoms with van der Waals surface area (Å²) in [5.41, 5.74) is -0.628. The standard InChI is InChI=1S/C11H23NO4S/c1-10(2)16-7-8-17(14,15)12-11(9-13)5-3-4-6-11/h10,12-13H,3-9H2,1-2H3. The molecule has 0 atom stereocenters. The van der Waals surface area contributed by atoms with Crippen LogP contribution in [0.4, 0.5) is 0 Å². The maximum atomic E-state index is 11.8. The lowest BCUT2D eigenvalue weighted by Gasteiger charge is -2.27. The number of hydrogen-bond donors (Lipinski definition) is 2. The van der Waals surface area contributed by atoms with E-state index in [0.29, 0.717) is 12.8 Å². The number of rotatable bonds is 7. The quantitative estimate of drug-likeness (QED) is 0.708. The fraction of sp³-hybridized carbons (Fsp3) is 1.00. The Balaban J connectivity index is 2.47. The first kappa shape index (κ1) is 14.9. The van der Waals surface area contributed by atoms with Crippen LogP contribution in [0.25, 0.3) is 0 Å². The summed E-state index contributed by atoms with van der Waals surface area (Å²) in [6.07, 6.45) is 3.39. The number of sulfonamides is 1. The van der Waals surface area contributed by atoms with Gasteiger partial charge in [-0.1, -0.05) is 12.8 Å². The number of aliphatic hydroxyl groups excluding tert-OH is 1. The molecule has 0 radical (unpaired) electrons. The highest BCUT2D eigenvalue weighted by Gasteiger charge is 2.36. The molecule has 0 saturated heterocycles. The van der Waals surface area contributed by atoms with Crippen molar-refractivity contribution in [3.8, 4) is 0 Å². The summed E-state index contributed by atoms with van der Waals surface area (Å²) >= 11 is 0. The molecule has 17 heavy (non-hydrogen) atoms. The first-order valence-corrected chi connectivity index (χ1v) is 7.78. The van der Waals surface area contributed by atoms with Gasteiger partial charge in [-0.05, 0) is 26.7 Å². The summed E-state index contributed by atoms with van der Waals surface area (Å²) < 4.78 is 31.5. The Morgan fingerprint density at radius 2 is 1.94 bits per heavy atom. The Labute approximate surface area is 104 Å². The predicted octanol–water partition coefficient (Wildman–Crippen LogP) is 0.636. The summed E-state index contributed by atoms with van der Waals surface area (Å²) in [6.45, 7) is 3.80. The molecule has 5 nitrogen and oxygen atoms in total. The minimum absolute atomic E-state index is 0.0310. The van der Waals surface area contributed by atoms with Crippen LogP contribution in [0.2, 0.25) is 0 Å². The first-order chi connectivity index (χ1) is 7.89. The molecule has 0 aliphatic heterocycles. The van der Waals surface area contributed by atoms with Gasteiger partial charge < -0.3 is 9.84 Å². The van der Waals surface area contributed by atoms with Crippen molar-refractivity contribution in [3.63, 3.8) is 0 Å². The molecule has 0 aromatic carbocycles. The molecule has 0 spiro atoms. The molecule has 2 N–H and O–H groups in total. The Morgan fingerprint density at radius 1 is 1.35 bits per heavy atom. The van der Waals surface area contributed by atoms with Crippen LogP contribution >= 0.6 is 0 Å². The van der Waals surface area contributed by atoms with E-state index in [0.717, 1.165) is 12.8 Å². The summed E-state index contributed by atoms with van der Waals surface area (Å²) in [5.74, 6) is -0.0487. The van der Waals surface area contributed by atoms with E-state index in [4.69, 9.17) is 4.74 Å². The van der Waals surface area contributed by atoms with Gasteiger partial charge in [0.05, 0.1) is 30.6 Å². The average molecular weight is 265 g/mol. The van der Waals surface area contributed by atoms with Gasteiger partial charge in [0.15, 0.2) is 0 Å². The molecule has 0 aromatic rings. The first-order valence-electron chi connectivity index (χ1n) is 6.13. The summed E-state index contributed by atoms with van der Waals surface area (Å²) in [4.78, 5) is 0. The Morgan fingerprint density at radius 3 is 2.41 bits per heavy atom. The fourth-order valence-corrected chi connectivity index (χ4v) is 3.46.